The summed E-state index contributed by atoms with van der Waals surface area (Å²) in [4.78, 5) is 14.6. The molecule has 0 radical (unpaired) electrons. The number of nitriles is 1. The lowest BCUT2D eigenvalue weighted by Crippen LogP contribution is -2.45. The molecule has 2 unspecified atom stereocenters. The Kier molecular flexibility index (Phi) is 4.21. The van der Waals surface area contributed by atoms with Crippen molar-refractivity contribution in [3.8, 4) is 6.07 Å². The summed E-state index contributed by atoms with van der Waals surface area (Å²) in [6.45, 7) is 2.82. The molecule has 2 heterocycles. The van der Waals surface area contributed by atoms with Crippen LogP contribution in [0.1, 0.15) is 41.6 Å². The Morgan fingerprint density at radius 2 is 2.05 bits per heavy atom. The van der Waals surface area contributed by atoms with Crippen LogP contribution in [0.2, 0.25) is 0 Å². The number of hydrogen-bond acceptors (Lipinski definition) is 3. The maximum absolute atomic E-state index is 12.6. The molecule has 0 spiro atoms. The topological polar surface area (TPSA) is 56.1 Å². The molecule has 1 aromatic rings. The minimum atomic E-state index is 0.0992. The summed E-state index contributed by atoms with van der Waals surface area (Å²) in [5.41, 5.74) is 1.28. The molecule has 2 aliphatic rings. The summed E-state index contributed by atoms with van der Waals surface area (Å²) in [6, 6.07) is 9.62. The van der Waals surface area contributed by atoms with E-state index in [0.717, 1.165) is 26.1 Å². The largest absolute Gasteiger partial charge is 0.338 e. The fourth-order valence-corrected chi connectivity index (χ4v) is 3.51. The lowest BCUT2D eigenvalue weighted by Gasteiger charge is -2.36. The van der Waals surface area contributed by atoms with Crippen molar-refractivity contribution in [3.05, 3.63) is 35.4 Å². The smallest absolute Gasteiger partial charge is 0.253 e. The van der Waals surface area contributed by atoms with Crippen molar-refractivity contribution < 1.29 is 4.79 Å². The van der Waals surface area contributed by atoms with Gasteiger partial charge >= 0.3 is 0 Å². The molecule has 0 saturated carbocycles. The number of nitrogens with zero attached hydrogens (tertiary/aromatic N) is 2. The quantitative estimate of drug-likeness (QED) is 0.905. The number of likely N-dealkylation sites (tertiary alicyclic amines) is 1. The Morgan fingerprint density at radius 3 is 2.71 bits per heavy atom. The van der Waals surface area contributed by atoms with Crippen LogP contribution < -0.4 is 5.32 Å². The van der Waals surface area contributed by atoms with Gasteiger partial charge in [0.15, 0.2) is 0 Å². The second kappa shape index (κ2) is 6.28. The molecule has 3 rings (SSSR count). The Hall–Kier alpha value is -1.86. The lowest BCUT2D eigenvalue weighted by atomic mass is 9.89. The van der Waals surface area contributed by atoms with Crippen LogP contribution in [-0.2, 0) is 0 Å². The van der Waals surface area contributed by atoms with Crippen LogP contribution >= 0.6 is 0 Å². The van der Waals surface area contributed by atoms with E-state index in [1.54, 1.807) is 24.3 Å². The summed E-state index contributed by atoms with van der Waals surface area (Å²) in [6.07, 6.45) is 4.80. The minimum Gasteiger partial charge on any atom is -0.338 e. The van der Waals surface area contributed by atoms with Gasteiger partial charge in [-0.05, 0) is 62.4 Å². The van der Waals surface area contributed by atoms with Gasteiger partial charge in [-0.1, -0.05) is 0 Å². The molecule has 2 saturated heterocycles. The number of rotatable bonds is 2. The Morgan fingerprint density at radius 1 is 1.24 bits per heavy atom. The molecule has 21 heavy (non-hydrogen) atoms. The van der Waals surface area contributed by atoms with Crippen molar-refractivity contribution in [1.82, 2.24) is 10.2 Å². The van der Waals surface area contributed by atoms with Crippen molar-refractivity contribution in [2.75, 3.05) is 19.6 Å². The maximum Gasteiger partial charge on any atom is 0.253 e. The van der Waals surface area contributed by atoms with Crippen LogP contribution in [-0.4, -0.2) is 36.5 Å². The first-order chi connectivity index (χ1) is 10.3. The summed E-state index contributed by atoms with van der Waals surface area (Å²) in [5.74, 6) is 0.686. The number of carbonyl (C=O) groups is 1. The van der Waals surface area contributed by atoms with Crippen LogP contribution in [0.4, 0.5) is 0 Å². The highest BCUT2D eigenvalue weighted by Gasteiger charge is 2.31. The molecule has 4 heteroatoms. The monoisotopic (exact) mass is 283 g/mol. The van der Waals surface area contributed by atoms with E-state index in [9.17, 15) is 4.79 Å². The SMILES string of the molecule is N#Cc1ccc(C(=O)N2CCCC(C3CCCN3)C2)cc1. The van der Waals surface area contributed by atoms with Gasteiger partial charge in [0.2, 0.25) is 0 Å². The van der Waals surface area contributed by atoms with Crippen LogP contribution in [0, 0.1) is 17.2 Å². The van der Waals surface area contributed by atoms with Crippen molar-refractivity contribution in [2.24, 2.45) is 5.92 Å². The lowest BCUT2D eigenvalue weighted by molar-refractivity contribution is 0.0651. The molecule has 0 bridgehead atoms. The summed E-state index contributed by atoms with van der Waals surface area (Å²) in [5, 5.41) is 12.4. The van der Waals surface area contributed by atoms with Gasteiger partial charge in [-0.3, -0.25) is 4.79 Å². The first-order valence-corrected chi connectivity index (χ1v) is 7.81. The van der Waals surface area contributed by atoms with Gasteiger partial charge in [-0.25, -0.2) is 0 Å². The van der Waals surface area contributed by atoms with E-state index in [1.165, 1.54) is 19.3 Å². The van der Waals surface area contributed by atoms with E-state index >= 15 is 0 Å². The van der Waals surface area contributed by atoms with Gasteiger partial charge in [0.1, 0.15) is 0 Å². The predicted molar refractivity (Wildman–Crippen MR) is 80.8 cm³/mol. The standard InChI is InChI=1S/C17H21N3O/c18-11-13-5-7-14(8-6-13)17(21)20-10-2-3-15(12-20)16-4-1-9-19-16/h5-8,15-16,19H,1-4,9-10,12H2. The Bertz CT molecular complexity index is 540. The van der Waals surface area contributed by atoms with E-state index in [1.807, 2.05) is 4.90 Å². The van der Waals surface area contributed by atoms with Gasteiger partial charge in [0, 0.05) is 24.7 Å². The highest BCUT2D eigenvalue weighted by Crippen LogP contribution is 2.25. The van der Waals surface area contributed by atoms with E-state index < -0.39 is 0 Å². The molecule has 1 amide bonds. The predicted octanol–water partition coefficient (Wildman–Crippen LogP) is 2.16. The fraction of sp³-hybridized carbons (Fsp3) is 0.529. The van der Waals surface area contributed by atoms with Crippen LogP contribution in [0.25, 0.3) is 0 Å². The number of carbonyl (C=O) groups excluding carboxylic acids is 1. The molecule has 2 fully saturated rings. The summed E-state index contributed by atoms with van der Waals surface area (Å²) >= 11 is 0. The maximum atomic E-state index is 12.6. The van der Waals surface area contributed by atoms with Gasteiger partial charge in [-0.2, -0.15) is 5.26 Å². The summed E-state index contributed by atoms with van der Waals surface area (Å²) in [7, 11) is 0. The van der Waals surface area contributed by atoms with Gasteiger partial charge in [0.25, 0.3) is 5.91 Å². The molecule has 0 aliphatic carbocycles. The normalized spacial score (nSPS) is 25.6. The molecule has 2 aliphatic heterocycles. The van der Waals surface area contributed by atoms with Gasteiger partial charge in [-0.15, -0.1) is 0 Å². The average Bonchev–Trinajstić information content (AvgIpc) is 3.09. The Labute approximate surface area is 125 Å². The number of amides is 1. The molecule has 2 atom stereocenters. The van der Waals surface area contributed by atoms with Crippen molar-refractivity contribution >= 4 is 5.91 Å². The van der Waals surface area contributed by atoms with Crippen LogP contribution in [0.5, 0.6) is 0 Å². The average molecular weight is 283 g/mol. The van der Waals surface area contributed by atoms with Gasteiger partial charge < -0.3 is 10.2 Å². The third kappa shape index (κ3) is 3.08. The highest BCUT2D eigenvalue weighted by atomic mass is 16.2. The molecule has 1 aromatic carbocycles. The molecular formula is C17H21N3O. The van der Waals surface area contributed by atoms with E-state index in [-0.39, 0.29) is 5.91 Å². The fourth-order valence-electron chi connectivity index (χ4n) is 3.51. The molecule has 110 valence electrons. The van der Waals surface area contributed by atoms with Crippen molar-refractivity contribution in [1.29, 1.82) is 5.26 Å². The summed E-state index contributed by atoms with van der Waals surface area (Å²) < 4.78 is 0. The number of piperidine rings is 1. The molecular weight excluding hydrogens is 262 g/mol. The van der Waals surface area contributed by atoms with Crippen molar-refractivity contribution in [3.63, 3.8) is 0 Å². The zero-order chi connectivity index (χ0) is 14.7. The van der Waals surface area contributed by atoms with E-state index in [0.29, 0.717) is 23.1 Å². The highest BCUT2D eigenvalue weighted by molar-refractivity contribution is 5.94. The number of benzene rings is 1. The number of hydrogen-bond donors (Lipinski definition) is 1. The molecule has 0 aromatic heterocycles. The second-order valence-corrected chi connectivity index (χ2v) is 6.05. The molecule has 1 N–H and O–H groups in total. The minimum absolute atomic E-state index is 0.0992. The first kappa shape index (κ1) is 14.1. The third-order valence-corrected chi connectivity index (χ3v) is 4.67. The Balaban J connectivity index is 1.67. The second-order valence-electron chi connectivity index (χ2n) is 6.05. The van der Waals surface area contributed by atoms with Crippen LogP contribution in [0.15, 0.2) is 24.3 Å². The van der Waals surface area contributed by atoms with Crippen molar-refractivity contribution in [2.45, 2.75) is 31.7 Å². The first-order valence-electron chi connectivity index (χ1n) is 7.81. The zero-order valence-electron chi connectivity index (χ0n) is 12.2. The van der Waals surface area contributed by atoms with Crippen LogP contribution in [0.3, 0.4) is 0 Å². The number of nitrogens with one attached hydrogen (secondary N) is 1. The molecule has 4 nitrogen and oxygen atoms in total. The van der Waals surface area contributed by atoms with E-state index in [4.69, 9.17) is 5.26 Å². The van der Waals surface area contributed by atoms with E-state index in [2.05, 4.69) is 11.4 Å². The van der Waals surface area contributed by atoms with Gasteiger partial charge in [0.05, 0.1) is 11.6 Å². The zero-order valence-corrected chi connectivity index (χ0v) is 12.2. The third-order valence-electron chi connectivity index (χ3n) is 4.67.